The Hall–Kier alpha value is -2.20. The smallest absolute Gasteiger partial charge is 0.210 e. The Morgan fingerprint density at radius 1 is 0.952 bits per heavy atom. The first-order valence-electron chi connectivity index (χ1n) is 6.85. The number of ether oxygens (including phenoxy) is 3. The van der Waals surface area contributed by atoms with Crippen molar-refractivity contribution in [3.8, 4) is 23.0 Å². The van der Waals surface area contributed by atoms with Gasteiger partial charge in [0, 0.05) is 6.04 Å². The summed E-state index contributed by atoms with van der Waals surface area (Å²) in [6.07, 6.45) is 0. The average Bonchev–Trinajstić information content (AvgIpc) is 2.54. The highest BCUT2D eigenvalue weighted by Crippen LogP contribution is 2.40. The van der Waals surface area contributed by atoms with E-state index in [2.05, 4.69) is 18.3 Å². The fourth-order valence-corrected chi connectivity index (χ4v) is 2.05. The van der Waals surface area contributed by atoms with Gasteiger partial charge in [-0.15, -0.1) is 0 Å². The number of para-hydroxylation sites is 1. The molecule has 4 nitrogen and oxygen atoms in total. The molecule has 0 fully saturated rings. The molecule has 21 heavy (non-hydrogen) atoms. The maximum atomic E-state index is 5.98. The van der Waals surface area contributed by atoms with E-state index in [1.807, 2.05) is 43.4 Å². The number of methoxy groups -OCH3 is 2. The van der Waals surface area contributed by atoms with Gasteiger partial charge in [-0.2, -0.15) is 0 Å². The van der Waals surface area contributed by atoms with Crippen LogP contribution in [-0.4, -0.2) is 21.3 Å². The lowest BCUT2D eigenvalue weighted by molar-refractivity contribution is 0.346. The molecule has 0 bridgehead atoms. The van der Waals surface area contributed by atoms with Gasteiger partial charge in [-0.05, 0) is 43.8 Å². The van der Waals surface area contributed by atoms with Gasteiger partial charge in [-0.3, -0.25) is 0 Å². The molecule has 0 saturated carbocycles. The van der Waals surface area contributed by atoms with Crippen molar-refractivity contribution in [3.05, 3.63) is 48.0 Å². The zero-order valence-corrected chi connectivity index (χ0v) is 12.8. The second kappa shape index (κ2) is 6.99. The molecule has 1 unspecified atom stereocenters. The van der Waals surface area contributed by atoms with E-state index >= 15 is 0 Å². The summed E-state index contributed by atoms with van der Waals surface area (Å²) >= 11 is 0. The number of benzene rings is 2. The monoisotopic (exact) mass is 287 g/mol. The fraction of sp³-hybridized carbons (Fsp3) is 0.294. The molecule has 2 aromatic rings. The summed E-state index contributed by atoms with van der Waals surface area (Å²) in [5.74, 6) is 2.61. The van der Waals surface area contributed by atoms with Gasteiger partial charge < -0.3 is 19.5 Å². The summed E-state index contributed by atoms with van der Waals surface area (Å²) in [6.45, 7) is 2.10. The van der Waals surface area contributed by atoms with Crippen LogP contribution in [0.4, 0.5) is 0 Å². The Morgan fingerprint density at radius 2 is 1.57 bits per heavy atom. The lowest BCUT2D eigenvalue weighted by Gasteiger charge is -2.15. The predicted molar refractivity (Wildman–Crippen MR) is 83.5 cm³/mol. The Balaban J connectivity index is 2.34. The van der Waals surface area contributed by atoms with Crippen LogP contribution in [0.25, 0.3) is 0 Å². The van der Waals surface area contributed by atoms with Crippen LogP contribution in [0.2, 0.25) is 0 Å². The van der Waals surface area contributed by atoms with E-state index in [0.29, 0.717) is 17.2 Å². The summed E-state index contributed by atoms with van der Waals surface area (Å²) in [4.78, 5) is 0. The zero-order valence-electron chi connectivity index (χ0n) is 12.8. The summed E-state index contributed by atoms with van der Waals surface area (Å²) < 4.78 is 16.7. The van der Waals surface area contributed by atoms with Gasteiger partial charge in [0.25, 0.3) is 0 Å². The third-order valence-electron chi connectivity index (χ3n) is 3.39. The topological polar surface area (TPSA) is 39.7 Å². The number of hydrogen-bond donors (Lipinski definition) is 1. The van der Waals surface area contributed by atoms with E-state index in [1.165, 1.54) is 0 Å². The Labute approximate surface area is 125 Å². The van der Waals surface area contributed by atoms with E-state index in [9.17, 15) is 0 Å². The zero-order chi connectivity index (χ0) is 15.2. The largest absolute Gasteiger partial charge is 0.493 e. The molecular formula is C17H21NO3. The lowest BCUT2D eigenvalue weighted by Crippen LogP contribution is -2.12. The Kier molecular flexibility index (Phi) is 5.06. The quantitative estimate of drug-likeness (QED) is 0.877. The highest BCUT2D eigenvalue weighted by molar-refractivity contribution is 5.53. The molecule has 0 saturated heterocycles. The standard InChI is InChI=1S/C17H21NO3/c1-12(18-2)13-7-5-8-14(11-13)21-17-15(19-3)9-6-10-16(17)20-4/h5-12,18H,1-4H3. The SMILES string of the molecule is CNC(C)c1cccc(Oc2c(OC)cccc2OC)c1. The van der Waals surface area contributed by atoms with Crippen LogP contribution in [0.1, 0.15) is 18.5 Å². The normalized spacial score (nSPS) is 11.8. The Bertz CT molecular complexity index is 576. The van der Waals surface area contributed by atoms with E-state index < -0.39 is 0 Å². The highest BCUT2D eigenvalue weighted by atomic mass is 16.5. The second-order valence-corrected chi connectivity index (χ2v) is 4.68. The molecule has 0 aliphatic carbocycles. The first-order chi connectivity index (χ1) is 10.2. The molecule has 0 aliphatic heterocycles. The van der Waals surface area contributed by atoms with Crippen molar-refractivity contribution in [2.75, 3.05) is 21.3 Å². The van der Waals surface area contributed by atoms with Crippen LogP contribution in [0.15, 0.2) is 42.5 Å². The summed E-state index contributed by atoms with van der Waals surface area (Å²) in [5.41, 5.74) is 1.16. The molecule has 0 aromatic heterocycles. The maximum Gasteiger partial charge on any atom is 0.210 e. The molecule has 1 atom stereocenters. The summed E-state index contributed by atoms with van der Waals surface area (Å²) in [5, 5.41) is 3.21. The summed E-state index contributed by atoms with van der Waals surface area (Å²) in [7, 11) is 5.16. The van der Waals surface area contributed by atoms with Crippen molar-refractivity contribution in [1.82, 2.24) is 5.32 Å². The third-order valence-corrected chi connectivity index (χ3v) is 3.39. The van der Waals surface area contributed by atoms with Crippen molar-refractivity contribution in [2.45, 2.75) is 13.0 Å². The molecule has 1 N–H and O–H groups in total. The minimum Gasteiger partial charge on any atom is -0.493 e. The number of hydrogen-bond acceptors (Lipinski definition) is 4. The molecule has 0 radical (unpaired) electrons. The Morgan fingerprint density at radius 3 is 2.14 bits per heavy atom. The van der Waals surface area contributed by atoms with E-state index in [1.54, 1.807) is 14.2 Å². The van der Waals surface area contributed by atoms with Gasteiger partial charge in [0.1, 0.15) is 5.75 Å². The molecule has 2 rings (SSSR count). The number of rotatable bonds is 6. The van der Waals surface area contributed by atoms with Crippen LogP contribution in [-0.2, 0) is 0 Å². The molecule has 0 aliphatic rings. The molecule has 4 heteroatoms. The van der Waals surface area contributed by atoms with Gasteiger partial charge in [0.15, 0.2) is 11.5 Å². The lowest BCUT2D eigenvalue weighted by atomic mass is 10.1. The van der Waals surface area contributed by atoms with Gasteiger partial charge in [0.05, 0.1) is 14.2 Å². The van der Waals surface area contributed by atoms with E-state index in [-0.39, 0.29) is 6.04 Å². The van der Waals surface area contributed by atoms with Crippen molar-refractivity contribution >= 4 is 0 Å². The molecular weight excluding hydrogens is 266 g/mol. The van der Waals surface area contributed by atoms with Crippen LogP contribution in [0, 0.1) is 0 Å². The van der Waals surface area contributed by atoms with Gasteiger partial charge in [0.2, 0.25) is 5.75 Å². The van der Waals surface area contributed by atoms with Gasteiger partial charge in [-0.1, -0.05) is 18.2 Å². The highest BCUT2D eigenvalue weighted by Gasteiger charge is 2.13. The maximum absolute atomic E-state index is 5.98. The predicted octanol–water partition coefficient (Wildman–Crippen LogP) is 3.78. The van der Waals surface area contributed by atoms with Crippen LogP contribution >= 0.6 is 0 Å². The first-order valence-corrected chi connectivity index (χ1v) is 6.85. The van der Waals surface area contributed by atoms with Crippen LogP contribution in [0.5, 0.6) is 23.0 Å². The van der Waals surface area contributed by atoms with Gasteiger partial charge in [-0.25, -0.2) is 0 Å². The fourth-order valence-electron chi connectivity index (χ4n) is 2.05. The van der Waals surface area contributed by atoms with Crippen molar-refractivity contribution in [1.29, 1.82) is 0 Å². The molecule has 0 heterocycles. The minimum atomic E-state index is 0.258. The van der Waals surface area contributed by atoms with Crippen LogP contribution < -0.4 is 19.5 Å². The van der Waals surface area contributed by atoms with Gasteiger partial charge >= 0.3 is 0 Å². The molecule has 2 aromatic carbocycles. The second-order valence-electron chi connectivity index (χ2n) is 4.68. The van der Waals surface area contributed by atoms with E-state index in [4.69, 9.17) is 14.2 Å². The van der Waals surface area contributed by atoms with Crippen molar-refractivity contribution in [3.63, 3.8) is 0 Å². The molecule has 0 amide bonds. The molecule has 112 valence electrons. The average molecular weight is 287 g/mol. The minimum absolute atomic E-state index is 0.258. The molecule has 0 spiro atoms. The summed E-state index contributed by atoms with van der Waals surface area (Å²) in [6, 6.07) is 13.8. The third kappa shape index (κ3) is 3.47. The number of nitrogens with one attached hydrogen (secondary N) is 1. The van der Waals surface area contributed by atoms with E-state index in [0.717, 1.165) is 11.3 Å². The first kappa shape index (κ1) is 15.2. The van der Waals surface area contributed by atoms with Crippen molar-refractivity contribution < 1.29 is 14.2 Å². The van der Waals surface area contributed by atoms with Crippen LogP contribution in [0.3, 0.4) is 0 Å². The van der Waals surface area contributed by atoms with Crippen molar-refractivity contribution in [2.24, 2.45) is 0 Å².